The van der Waals surface area contributed by atoms with E-state index < -0.39 is 0 Å². The van der Waals surface area contributed by atoms with Crippen LogP contribution in [-0.4, -0.2) is 23.9 Å². The van der Waals surface area contributed by atoms with Gasteiger partial charge in [-0.1, -0.05) is 38.3 Å². The first-order chi connectivity index (χ1) is 14.2. The first-order valence-corrected chi connectivity index (χ1v) is 11.3. The van der Waals surface area contributed by atoms with E-state index in [4.69, 9.17) is 0 Å². The average molecular weight is 414 g/mol. The molecule has 0 atom stereocenters. The smallest absolute Gasteiger partial charge is 0.227 e. The van der Waals surface area contributed by atoms with E-state index in [9.17, 15) is 4.79 Å². The molecule has 0 unspecified atom stereocenters. The van der Waals surface area contributed by atoms with Gasteiger partial charge in [0, 0.05) is 36.3 Å². The molecule has 29 heavy (non-hydrogen) atoms. The molecule has 3 N–H and O–H groups in total. The lowest BCUT2D eigenvalue weighted by Gasteiger charge is -2.21. The summed E-state index contributed by atoms with van der Waals surface area (Å²) >= 11 is 1.72. The predicted molar refractivity (Wildman–Crippen MR) is 120 cm³/mol. The Kier molecular flexibility index (Phi) is 8.04. The maximum atomic E-state index is 12.5. The number of rotatable bonds is 7. The molecule has 1 aliphatic carbocycles. The molecule has 0 saturated heterocycles. The van der Waals surface area contributed by atoms with Crippen LogP contribution in [0.2, 0.25) is 0 Å². The summed E-state index contributed by atoms with van der Waals surface area (Å²) in [6.45, 7) is 3.42. The Balaban J connectivity index is 1.48. The topological polar surface area (TPSA) is 78.4 Å². The second kappa shape index (κ2) is 11.0. The van der Waals surface area contributed by atoms with Gasteiger partial charge >= 0.3 is 0 Å². The third-order valence-electron chi connectivity index (χ3n) is 5.21. The molecule has 6 nitrogen and oxygen atoms in total. The number of thiazole rings is 1. The zero-order valence-electron chi connectivity index (χ0n) is 17.3. The van der Waals surface area contributed by atoms with Crippen LogP contribution in [0, 0.1) is 5.92 Å². The Hall–Kier alpha value is -2.41. The number of hydrogen-bond acceptors (Lipinski definition) is 4. The van der Waals surface area contributed by atoms with E-state index in [2.05, 4.69) is 32.9 Å². The fourth-order valence-electron chi connectivity index (χ4n) is 3.53. The molecule has 0 aliphatic heterocycles. The van der Waals surface area contributed by atoms with Crippen molar-refractivity contribution in [3.63, 3.8) is 0 Å². The zero-order chi connectivity index (χ0) is 20.5. The highest BCUT2D eigenvalue weighted by atomic mass is 32.1. The molecule has 1 saturated carbocycles. The minimum atomic E-state index is 0.155. The molecule has 1 heterocycles. The minimum Gasteiger partial charge on any atom is -0.352 e. The van der Waals surface area contributed by atoms with Gasteiger partial charge in [0.1, 0.15) is 5.01 Å². The molecule has 0 bridgehead atoms. The number of hydrogen-bond donors (Lipinski definition) is 3. The van der Waals surface area contributed by atoms with Crippen LogP contribution >= 0.6 is 11.3 Å². The molecule has 0 spiro atoms. The minimum absolute atomic E-state index is 0.155. The lowest BCUT2D eigenvalue weighted by atomic mass is 9.88. The summed E-state index contributed by atoms with van der Waals surface area (Å²) in [6, 6.07) is 8.00. The molecule has 1 aromatic heterocycles. The number of nitrogens with zero attached hydrogens (tertiary/aromatic N) is 2. The highest BCUT2D eigenvalue weighted by Crippen LogP contribution is 2.25. The van der Waals surface area contributed by atoms with Crippen LogP contribution in [0.5, 0.6) is 0 Å². The normalized spacial score (nSPS) is 15.2. The number of carbonyl (C=O) groups is 1. The van der Waals surface area contributed by atoms with Crippen molar-refractivity contribution in [3.8, 4) is 0 Å². The molecule has 7 heteroatoms. The molecule has 1 aromatic carbocycles. The molecular weight excluding hydrogens is 382 g/mol. The fraction of sp³-hybridized carbons (Fsp3) is 0.500. The molecule has 1 aliphatic rings. The Labute approximate surface area is 177 Å². The number of benzene rings is 1. The highest BCUT2D eigenvalue weighted by molar-refractivity contribution is 7.11. The first-order valence-electron chi connectivity index (χ1n) is 10.5. The quantitative estimate of drug-likeness (QED) is 0.472. The summed E-state index contributed by atoms with van der Waals surface area (Å²) < 4.78 is 0. The molecule has 156 valence electrons. The van der Waals surface area contributed by atoms with Gasteiger partial charge in [0.25, 0.3) is 0 Å². The van der Waals surface area contributed by atoms with Gasteiger partial charge in [-0.2, -0.15) is 0 Å². The summed E-state index contributed by atoms with van der Waals surface area (Å²) in [5, 5.41) is 10.8. The van der Waals surface area contributed by atoms with Gasteiger partial charge in [-0.3, -0.25) is 9.79 Å². The van der Waals surface area contributed by atoms with E-state index in [1.165, 1.54) is 11.3 Å². The predicted octanol–water partition coefficient (Wildman–Crippen LogP) is 4.09. The van der Waals surface area contributed by atoms with E-state index in [0.717, 1.165) is 54.3 Å². The molecule has 1 fully saturated rings. The summed E-state index contributed by atoms with van der Waals surface area (Å²) in [7, 11) is 1.76. The monoisotopic (exact) mass is 413 g/mol. The molecule has 0 radical (unpaired) electrons. The van der Waals surface area contributed by atoms with Crippen LogP contribution in [0.1, 0.15) is 54.5 Å². The number of carbonyl (C=O) groups excluding carboxylic acids is 1. The molecule has 3 rings (SSSR count). The van der Waals surface area contributed by atoms with E-state index >= 15 is 0 Å². The number of amides is 1. The van der Waals surface area contributed by atoms with Crippen molar-refractivity contribution in [1.29, 1.82) is 0 Å². The van der Waals surface area contributed by atoms with Crippen molar-refractivity contribution >= 4 is 28.9 Å². The largest absolute Gasteiger partial charge is 0.352 e. The van der Waals surface area contributed by atoms with Crippen molar-refractivity contribution in [2.24, 2.45) is 10.9 Å². The van der Waals surface area contributed by atoms with Gasteiger partial charge < -0.3 is 16.0 Å². The van der Waals surface area contributed by atoms with Gasteiger partial charge in [-0.05, 0) is 37.0 Å². The van der Waals surface area contributed by atoms with Gasteiger partial charge in [0.15, 0.2) is 5.96 Å². The summed E-state index contributed by atoms with van der Waals surface area (Å²) in [4.78, 5) is 22.5. The van der Waals surface area contributed by atoms with Gasteiger partial charge in [-0.25, -0.2) is 4.98 Å². The highest BCUT2D eigenvalue weighted by Gasteiger charge is 2.21. The maximum absolute atomic E-state index is 12.5. The van der Waals surface area contributed by atoms with Gasteiger partial charge in [0.2, 0.25) is 5.91 Å². The standard InChI is InChI=1S/C22H31N5OS/c1-3-19-14-24-20(29-19)15-26-22(23-2)25-13-16-8-7-11-18(12-16)27-21(28)17-9-5-4-6-10-17/h7-8,11-12,14,17H,3-6,9-10,13,15H2,1-2H3,(H,27,28)(H2,23,25,26). The number of aromatic nitrogens is 1. The van der Waals surface area contributed by atoms with Crippen LogP contribution in [0.25, 0.3) is 0 Å². The van der Waals surface area contributed by atoms with E-state index in [0.29, 0.717) is 13.1 Å². The SMILES string of the molecule is CCc1cnc(CNC(=NC)NCc2cccc(NC(=O)C3CCCCC3)c2)s1. The first kappa shape index (κ1) is 21.3. The Morgan fingerprint density at radius 1 is 1.21 bits per heavy atom. The second-order valence-corrected chi connectivity index (χ2v) is 8.58. The van der Waals surface area contributed by atoms with E-state index in [-0.39, 0.29) is 11.8 Å². The van der Waals surface area contributed by atoms with Crippen molar-refractivity contribution in [2.45, 2.75) is 58.5 Å². The van der Waals surface area contributed by atoms with Crippen molar-refractivity contribution in [2.75, 3.05) is 12.4 Å². The third-order valence-corrected chi connectivity index (χ3v) is 6.35. The average Bonchev–Trinajstić information content (AvgIpc) is 3.23. The van der Waals surface area contributed by atoms with Crippen molar-refractivity contribution in [3.05, 3.63) is 45.9 Å². The van der Waals surface area contributed by atoms with Crippen LogP contribution in [0.3, 0.4) is 0 Å². The third kappa shape index (κ3) is 6.56. The summed E-state index contributed by atoms with van der Waals surface area (Å²) in [5.74, 6) is 1.05. The van der Waals surface area contributed by atoms with Gasteiger partial charge in [0.05, 0.1) is 6.54 Å². The Bertz CT molecular complexity index is 826. The van der Waals surface area contributed by atoms with Gasteiger partial charge in [-0.15, -0.1) is 11.3 Å². The maximum Gasteiger partial charge on any atom is 0.227 e. The number of aliphatic imine (C=N–C) groups is 1. The van der Waals surface area contributed by atoms with Crippen LogP contribution < -0.4 is 16.0 Å². The van der Waals surface area contributed by atoms with E-state index in [1.54, 1.807) is 18.4 Å². The molecular formula is C22H31N5OS. The molecule has 2 aromatic rings. The number of guanidine groups is 1. The lowest BCUT2D eigenvalue weighted by molar-refractivity contribution is -0.120. The van der Waals surface area contributed by atoms with Crippen LogP contribution in [0.4, 0.5) is 5.69 Å². The lowest BCUT2D eigenvalue weighted by Crippen LogP contribution is -2.36. The number of anilines is 1. The summed E-state index contributed by atoms with van der Waals surface area (Å²) in [5.41, 5.74) is 1.95. The number of aryl methyl sites for hydroxylation is 1. The summed E-state index contributed by atoms with van der Waals surface area (Å²) in [6.07, 6.45) is 8.54. The van der Waals surface area contributed by atoms with Crippen molar-refractivity contribution in [1.82, 2.24) is 15.6 Å². The number of nitrogens with one attached hydrogen (secondary N) is 3. The Morgan fingerprint density at radius 3 is 2.72 bits per heavy atom. The van der Waals surface area contributed by atoms with Crippen LogP contribution in [-0.2, 0) is 24.3 Å². The van der Waals surface area contributed by atoms with Crippen LogP contribution in [0.15, 0.2) is 35.5 Å². The Morgan fingerprint density at radius 2 is 2.00 bits per heavy atom. The van der Waals surface area contributed by atoms with E-state index in [1.807, 2.05) is 30.5 Å². The van der Waals surface area contributed by atoms with Crippen molar-refractivity contribution < 1.29 is 4.79 Å². The zero-order valence-corrected chi connectivity index (χ0v) is 18.1. The molecule has 1 amide bonds. The fourth-order valence-corrected chi connectivity index (χ4v) is 4.33. The second-order valence-electron chi connectivity index (χ2n) is 7.38.